The molecule has 1 saturated heterocycles. The number of nitro benzene ring substituents is 1. The molecule has 0 amide bonds. The molecule has 0 atom stereocenters. The fraction of sp³-hybridized carbons (Fsp3) is 0.381. The first kappa shape index (κ1) is 20.7. The molecule has 2 aromatic carbocycles. The Morgan fingerprint density at radius 1 is 1.13 bits per heavy atom. The monoisotopic (exact) mass is 429 g/mol. The Bertz CT molecular complexity index is 1120. The normalized spacial score (nSPS) is 15.2. The predicted molar refractivity (Wildman–Crippen MR) is 112 cm³/mol. The maximum Gasteiger partial charge on any atom is 0.421 e. The molecule has 31 heavy (non-hydrogen) atoms. The summed E-state index contributed by atoms with van der Waals surface area (Å²) in [7, 11) is 3.17. The minimum atomic E-state index is -0.535. The van der Waals surface area contributed by atoms with Crippen molar-refractivity contribution >= 4 is 16.8 Å². The summed E-state index contributed by atoms with van der Waals surface area (Å²) in [5.74, 6) is 1.27. The summed E-state index contributed by atoms with van der Waals surface area (Å²) in [6.45, 7) is 1.67. The molecule has 1 fully saturated rings. The number of aromatic nitrogens is 1. The zero-order valence-electron chi connectivity index (χ0n) is 17.3. The molecule has 0 unspecified atom stereocenters. The maximum atomic E-state index is 12.3. The van der Waals surface area contributed by atoms with Gasteiger partial charge in [-0.3, -0.25) is 19.6 Å². The summed E-state index contributed by atoms with van der Waals surface area (Å²) in [5.41, 5.74) is 0.660. The van der Waals surface area contributed by atoms with Crippen LogP contribution in [0.4, 0.5) is 5.69 Å². The average Bonchev–Trinajstić information content (AvgIpc) is 3.09. The standard InChI is InChI=1S/C21H23N3O7/c1-28-18-4-3-5-19(29-2)20(18)30-15-8-10-22(11-9-15)13-23-16-12-14(24(26)27)6-7-17(16)31-21(23)25/h3-7,12,15H,8-11,13H2,1-2H3. The van der Waals surface area contributed by atoms with Crippen molar-refractivity contribution in [3.05, 3.63) is 57.1 Å². The largest absolute Gasteiger partial charge is 0.493 e. The lowest BCUT2D eigenvalue weighted by atomic mass is 10.1. The molecule has 1 aliphatic rings. The molecule has 4 rings (SSSR count). The summed E-state index contributed by atoms with van der Waals surface area (Å²) in [6.07, 6.45) is 1.46. The lowest BCUT2D eigenvalue weighted by Gasteiger charge is -2.32. The summed E-state index contributed by atoms with van der Waals surface area (Å²) >= 11 is 0. The SMILES string of the molecule is COc1cccc(OC)c1OC1CCN(Cn2c(=O)oc3ccc([N+](=O)[O-])cc32)CC1. The minimum absolute atomic E-state index is 0.0275. The van der Waals surface area contributed by atoms with Crippen LogP contribution in [0.5, 0.6) is 17.2 Å². The van der Waals surface area contributed by atoms with E-state index >= 15 is 0 Å². The lowest BCUT2D eigenvalue weighted by Crippen LogP contribution is -2.40. The van der Waals surface area contributed by atoms with Gasteiger partial charge < -0.3 is 18.6 Å². The smallest absolute Gasteiger partial charge is 0.421 e. The molecule has 0 spiro atoms. The van der Waals surface area contributed by atoms with Crippen molar-refractivity contribution in [2.75, 3.05) is 27.3 Å². The van der Waals surface area contributed by atoms with Crippen molar-refractivity contribution in [1.82, 2.24) is 9.47 Å². The van der Waals surface area contributed by atoms with Gasteiger partial charge in [0, 0.05) is 25.2 Å². The first-order valence-electron chi connectivity index (χ1n) is 9.88. The van der Waals surface area contributed by atoms with Gasteiger partial charge in [0.05, 0.1) is 31.3 Å². The Kier molecular flexibility index (Phi) is 5.81. The van der Waals surface area contributed by atoms with Crippen LogP contribution in [0.1, 0.15) is 12.8 Å². The molecule has 10 heteroatoms. The highest BCUT2D eigenvalue weighted by molar-refractivity contribution is 5.75. The van der Waals surface area contributed by atoms with Gasteiger partial charge >= 0.3 is 5.76 Å². The first-order chi connectivity index (χ1) is 15.0. The number of non-ortho nitro benzene ring substituents is 1. The van der Waals surface area contributed by atoms with E-state index in [1.165, 1.54) is 22.8 Å². The highest BCUT2D eigenvalue weighted by Crippen LogP contribution is 2.38. The van der Waals surface area contributed by atoms with Crippen molar-refractivity contribution in [2.24, 2.45) is 0 Å². The van der Waals surface area contributed by atoms with Crippen LogP contribution in [0.25, 0.3) is 11.1 Å². The molecule has 1 aromatic heterocycles. The number of ether oxygens (including phenoxy) is 3. The number of methoxy groups -OCH3 is 2. The number of piperidine rings is 1. The molecular formula is C21H23N3O7. The summed E-state index contributed by atoms with van der Waals surface area (Å²) < 4.78 is 23.6. The molecule has 0 aliphatic carbocycles. The molecule has 0 radical (unpaired) electrons. The number of likely N-dealkylation sites (tertiary alicyclic amines) is 1. The van der Waals surface area contributed by atoms with Gasteiger partial charge in [-0.05, 0) is 31.0 Å². The van der Waals surface area contributed by atoms with Crippen LogP contribution in [0.15, 0.2) is 45.6 Å². The van der Waals surface area contributed by atoms with Crippen molar-refractivity contribution in [1.29, 1.82) is 0 Å². The fourth-order valence-corrected chi connectivity index (χ4v) is 3.77. The van der Waals surface area contributed by atoms with E-state index in [-0.39, 0.29) is 18.5 Å². The van der Waals surface area contributed by atoms with Gasteiger partial charge in [-0.25, -0.2) is 4.79 Å². The minimum Gasteiger partial charge on any atom is -0.493 e. The molecule has 0 bridgehead atoms. The predicted octanol–water partition coefficient (Wildman–Crippen LogP) is 3.02. The van der Waals surface area contributed by atoms with Gasteiger partial charge in [0.2, 0.25) is 5.75 Å². The molecule has 1 aliphatic heterocycles. The Morgan fingerprint density at radius 2 is 1.81 bits per heavy atom. The van der Waals surface area contributed by atoms with Crippen LogP contribution in [0, 0.1) is 10.1 Å². The van der Waals surface area contributed by atoms with Gasteiger partial charge in [-0.2, -0.15) is 0 Å². The van der Waals surface area contributed by atoms with E-state index in [4.69, 9.17) is 18.6 Å². The number of fused-ring (bicyclic) bond motifs is 1. The Balaban J connectivity index is 1.45. The van der Waals surface area contributed by atoms with Gasteiger partial charge in [0.15, 0.2) is 17.1 Å². The highest BCUT2D eigenvalue weighted by Gasteiger charge is 2.25. The number of nitrogens with zero attached hydrogens (tertiary/aromatic N) is 3. The molecule has 3 aromatic rings. The summed E-state index contributed by atoms with van der Waals surface area (Å²) in [6, 6.07) is 9.62. The molecule has 10 nitrogen and oxygen atoms in total. The third kappa shape index (κ3) is 4.19. The molecule has 2 heterocycles. The second-order valence-electron chi connectivity index (χ2n) is 7.27. The number of oxazole rings is 1. The summed E-state index contributed by atoms with van der Waals surface area (Å²) in [4.78, 5) is 25.0. The Hall–Kier alpha value is -3.53. The van der Waals surface area contributed by atoms with Crippen molar-refractivity contribution in [3.8, 4) is 17.2 Å². The fourth-order valence-electron chi connectivity index (χ4n) is 3.77. The van der Waals surface area contributed by atoms with Crippen LogP contribution >= 0.6 is 0 Å². The van der Waals surface area contributed by atoms with E-state index in [9.17, 15) is 14.9 Å². The quantitative estimate of drug-likeness (QED) is 0.416. The number of hydrogen-bond donors (Lipinski definition) is 0. The van der Waals surface area contributed by atoms with E-state index in [1.54, 1.807) is 14.2 Å². The number of para-hydroxylation sites is 1. The van der Waals surface area contributed by atoms with Gasteiger partial charge in [0.1, 0.15) is 6.10 Å². The van der Waals surface area contributed by atoms with Crippen LogP contribution in [0.3, 0.4) is 0 Å². The highest BCUT2D eigenvalue weighted by atomic mass is 16.6. The van der Waals surface area contributed by atoms with Crippen LogP contribution in [-0.2, 0) is 6.67 Å². The molecule has 164 valence electrons. The Morgan fingerprint density at radius 3 is 2.42 bits per heavy atom. The van der Waals surface area contributed by atoms with Crippen molar-refractivity contribution < 1.29 is 23.6 Å². The second-order valence-corrected chi connectivity index (χ2v) is 7.27. The van der Waals surface area contributed by atoms with Crippen molar-refractivity contribution in [3.63, 3.8) is 0 Å². The topological polar surface area (TPSA) is 109 Å². The summed E-state index contributed by atoms with van der Waals surface area (Å²) in [5, 5.41) is 11.1. The molecule has 0 N–H and O–H groups in total. The van der Waals surface area contributed by atoms with E-state index < -0.39 is 10.7 Å². The maximum absolute atomic E-state index is 12.3. The first-order valence-corrected chi connectivity index (χ1v) is 9.88. The third-order valence-corrected chi connectivity index (χ3v) is 5.40. The van der Waals surface area contributed by atoms with Gasteiger partial charge in [-0.1, -0.05) is 6.07 Å². The molecule has 0 saturated carbocycles. The lowest BCUT2D eigenvalue weighted by molar-refractivity contribution is -0.384. The third-order valence-electron chi connectivity index (χ3n) is 5.40. The van der Waals surface area contributed by atoms with Crippen LogP contribution in [0.2, 0.25) is 0 Å². The van der Waals surface area contributed by atoms with E-state index in [2.05, 4.69) is 4.90 Å². The van der Waals surface area contributed by atoms with Crippen LogP contribution < -0.4 is 20.0 Å². The van der Waals surface area contributed by atoms with E-state index in [1.807, 2.05) is 18.2 Å². The van der Waals surface area contributed by atoms with Gasteiger partial charge in [-0.15, -0.1) is 0 Å². The number of benzene rings is 2. The number of nitro groups is 1. The van der Waals surface area contributed by atoms with E-state index in [0.29, 0.717) is 41.4 Å². The molecular weight excluding hydrogens is 406 g/mol. The number of rotatable bonds is 7. The van der Waals surface area contributed by atoms with Crippen LogP contribution in [-0.4, -0.2) is 47.8 Å². The zero-order valence-corrected chi connectivity index (χ0v) is 17.3. The number of hydrogen-bond acceptors (Lipinski definition) is 8. The van der Waals surface area contributed by atoms with Gasteiger partial charge in [0.25, 0.3) is 5.69 Å². The Labute approximate surface area is 177 Å². The second kappa shape index (κ2) is 8.68. The average molecular weight is 429 g/mol. The van der Waals surface area contributed by atoms with E-state index in [0.717, 1.165) is 12.8 Å². The zero-order chi connectivity index (χ0) is 22.0. The van der Waals surface area contributed by atoms with Crippen molar-refractivity contribution in [2.45, 2.75) is 25.6 Å².